The van der Waals surface area contributed by atoms with Gasteiger partial charge in [0.05, 0.1) is 26.6 Å². The minimum atomic E-state index is -0.611. The van der Waals surface area contributed by atoms with Crippen LogP contribution in [0.3, 0.4) is 0 Å². The van der Waals surface area contributed by atoms with Crippen molar-refractivity contribution >= 4 is 66.5 Å². The largest absolute Gasteiger partial charge is 0.481 e. The minimum absolute atomic E-state index is 0.268. The van der Waals surface area contributed by atoms with Crippen LogP contribution in [0.25, 0.3) is 10.9 Å². The second-order valence-electron chi connectivity index (χ2n) is 5.97. The highest BCUT2D eigenvalue weighted by Gasteiger charge is 2.12. The average Bonchev–Trinajstić information content (AvgIpc) is 2.66. The molecule has 150 valence electrons. The summed E-state index contributed by atoms with van der Waals surface area (Å²) in [7, 11) is 0. The van der Waals surface area contributed by atoms with Gasteiger partial charge in [-0.2, -0.15) is 9.78 Å². The number of aromatic nitrogens is 2. The van der Waals surface area contributed by atoms with Crippen LogP contribution in [0, 0.1) is 0 Å². The van der Waals surface area contributed by atoms with E-state index in [1.807, 2.05) is 13.0 Å². The number of aryl methyl sites for hydroxylation is 1. The molecule has 1 amide bonds. The number of carbonyl (C=O) groups excluding carboxylic acids is 1. The van der Waals surface area contributed by atoms with Crippen molar-refractivity contribution in [1.82, 2.24) is 9.66 Å². The van der Waals surface area contributed by atoms with Crippen LogP contribution >= 0.6 is 43.5 Å². The van der Waals surface area contributed by atoms with Gasteiger partial charge < -0.3 is 10.5 Å². The third kappa shape index (κ3) is 4.85. The normalized spacial score (nSPS) is 11.3. The van der Waals surface area contributed by atoms with E-state index in [0.29, 0.717) is 38.9 Å². The van der Waals surface area contributed by atoms with Crippen molar-refractivity contribution in [2.75, 3.05) is 6.61 Å². The van der Waals surface area contributed by atoms with Crippen LogP contribution < -0.4 is 16.0 Å². The summed E-state index contributed by atoms with van der Waals surface area (Å²) in [5, 5.41) is 5.05. The summed E-state index contributed by atoms with van der Waals surface area (Å²) in [5.41, 5.74) is 6.06. The molecule has 1 aromatic heterocycles. The summed E-state index contributed by atoms with van der Waals surface area (Å²) in [5.74, 6) is 0.222. The molecular formula is C19H15Br2ClN4O3. The molecule has 3 aromatic rings. The van der Waals surface area contributed by atoms with Gasteiger partial charge in [0.1, 0.15) is 5.82 Å². The van der Waals surface area contributed by atoms with Crippen molar-refractivity contribution in [3.8, 4) is 5.75 Å². The topological polar surface area (TPSA) is 99.6 Å². The predicted octanol–water partition coefficient (Wildman–Crippen LogP) is 3.88. The quantitative estimate of drug-likeness (QED) is 0.478. The molecule has 2 aromatic carbocycles. The molecule has 3 rings (SSSR count). The number of benzene rings is 2. The Morgan fingerprint density at radius 2 is 2.10 bits per heavy atom. The fourth-order valence-electron chi connectivity index (χ4n) is 2.60. The molecule has 0 aliphatic heterocycles. The molecule has 0 unspecified atom stereocenters. The fourth-order valence-corrected chi connectivity index (χ4v) is 3.95. The third-order valence-electron chi connectivity index (χ3n) is 3.89. The molecule has 0 saturated carbocycles. The number of nitrogens with two attached hydrogens (primary N) is 1. The Balaban J connectivity index is 2.01. The highest BCUT2D eigenvalue weighted by molar-refractivity contribution is 9.10. The molecule has 10 heteroatoms. The Kier molecular flexibility index (Phi) is 6.71. The first-order valence-corrected chi connectivity index (χ1v) is 10.4. The number of carbonyl (C=O) groups is 1. The van der Waals surface area contributed by atoms with E-state index in [9.17, 15) is 9.59 Å². The summed E-state index contributed by atoms with van der Waals surface area (Å²) in [6, 6.07) is 8.65. The van der Waals surface area contributed by atoms with E-state index in [4.69, 9.17) is 22.1 Å². The summed E-state index contributed by atoms with van der Waals surface area (Å²) in [4.78, 5) is 28.3. The molecule has 2 N–H and O–H groups in total. The maximum absolute atomic E-state index is 12.9. The van der Waals surface area contributed by atoms with E-state index in [2.05, 4.69) is 41.9 Å². The van der Waals surface area contributed by atoms with Gasteiger partial charge in [-0.25, -0.2) is 4.98 Å². The second kappa shape index (κ2) is 9.06. The molecule has 29 heavy (non-hydrogen) atoms. The van der Waals surface area contributed by atoms with Crippen molar-refractivity contribution in [2.24, 2.45) is 10.8 Å². The second-order valence-corrected chi connectivity index (χ2v) is 8.15. The third-order valence-corrected chi connectivity index (χ3v) is 5.26. The first-order valence-electron chi connectivity index (χ1n) is 8.45. The van der Waals surface area contributed by atoms with Gasteiger partial charge in [-0.3, -0.25) is 9.59 Å². The molecule has 0 spiro atoms. The van der Waals surface area contributed by atoms with Gasteiger partial charge in [-0.05, 0) is 51.8 Å². The van der Waals surface area contributed by atoms with Crippen molar-refractivity contribution in [3.05, 3.63) is 66.0 Å². The van der Waals surface area contributed by atoms with Gasteiger partial charge in [0, 0.05) is 10.9 Å². The van der Waals surface area contributed by atoms with Gasteiger partial charge in [0.15, 0.2) is 12.4 Å². The van der Waals surface area contributed by atoms with E-state index < -0.39 is 5.91 Å². The highest BCUT2D eigenvalue weighted by Crippen LogP contribution is 2.34. The zero-order chi connectivity index (χ0) is 21.1. The van der Waals surface area contributed by atoms with Crippen molar-refractivity contribution in [2.45, 2.75) is 13.3 Å². The number of hydrogen-bond donors (Lipinski definition) is 1. The monoisotopic (exact) mass is 540 g/mol. The smallest absolute Gasteiger partial charge is 0.282 e. The van der Waals surface area contributed by atoms with Crippen LogP contribution in [0.2, 0.25) is 5.02 Å². The van der Waals surface area contributed by atoms with E-state index in [-0.39, 0.29) is 17.2 Å². The number of ether oxygens (including phenoxy) is 1. The summed E-state index contributed by atoms with van der Waals surface area (Å²) >= 11 is 13.0. The first-order chi connectivity index (χ1) is 13.8. The van der Waals surface area contributed by atoms with Crippen molar-refractivity contribution in [3.63, 3.8) is 0 Å². The Bertz CT molecular complexity index is 1170. The lowest BCUT2D eigenvalue weighted by Crippen LogP contribution is -2.22. The number of hydrogen-bond acceptors (Lipinski definition) is 5. The highest BCUT2D eigenvalue weighted by atomic mass is 79.9. The maximum Gasteiger partial charge on any atom is 0.282 e. The fraction of sp³-hybridized carbons (Fsp3) is 0.158. The van der Waals surface area contributed by atoms with Crippen LogP contribution in [0.15, 0.2) is 49.2 Å². The van der Waals surface area contributed by atoms with Gasteiger partial charge in [0.2, 0.25) is 0 Å². The van der Waals surface area contributed by atoms with Gasteiger partial charge >= 0.3 is 0 Å². The van der Waals surface area contributed by atoms with Crippen LogP contribution in [-0.4, -0.2) is 28.4 Å². The molecule has 0 saturated heterocycles. The molecule has 1 heterocycles. The summed E-state index contributed by atoms with van der Waals surface area (Å²) in [6.07, 6.45) is 2.03. The molecular weight excluding hydrogens is 527 g/mol. The Morgan fingerprint density at radius 1 is 1.34 bits per heavy atom. The van der Waals surface area contributed by atoms with E-state index >= 15 is 0 Å². The molecule has 0 bridgehead atoms. The van der Waals surface area contributed by atoms with Gasteiger partial charge in [-0.15, -0.1) is 0 Å². The van der Waals surface area contributed by atoms with E-state index in [1.54, 1.807) is 24.3 Å². The standard InChI is InChI=1S/C19H15Br2ClN4O3/c1-2-17-25-15-4-3-11(20)7-12(15)19(28)26(17)24-8-10-5-13(21)18(14(22)6-10)29-9-16(23)27/h3-8H,2,9H2,1H3,(H2,23,27). The van der Waals surface area contributed by atoms with E-state index in [1.165, 1.54) is 10.9 Å². The summed E-state index contributed by atoms with van der Waals surface area (Å²) < 4.78 is 7.87. The van der Waals surface area contributed by atoms with Crippen molar-refractivity contribution in [1.29, 1.82) is 0 Å². The van der Waals surface area contributed by atoms with Crippen LogP contribution in [0.5, 0.6) is 5.75 Å². The number of nitrogens with zero attached hydrogens (tertiary/aromatic N) is 3. The lowest BCUT2D eigenvalue weighted by atomic mass is 10.2. The summed E-state index contributed by atoms with van der Waals surface area (Å²) in [6.45, 7) is 1.61. The number of rotatable bonds is 6. The molecule has 0 aliphatic carbocycles. The van der Waals surface area contributed by atoms with Gasteiger partial charge in [0.25, 0.3) is 11.5 Å². The molecule has 0 fully saturated rings. The number of fused-ring (bicyclic) bond motifs is 1. The SMILES string of the molecule is CCc1nc2ccc(Br)cc2c(=O)n1N=Cc1cc(Cl)c(OCC(N)=O)c(Br)c1. The number of amides is 1. The Labute approximate surface area is 187 Å². The Morgan fingerprint density at radius 3 is 2.76 bits per heavy atom. The molecule has 0 aliphatic rings. The predicted molar refractivity (Wildman–Crippen MR) is 120 cm³/mol. The molecule has 7 nitrogen and oxygen atoms in total. The Hall–Kier alpha value is -2.23. The van der Waals surface area contributed by atoms with Crippen LogP contribution in [-0.2, 0) is 11.2 Å². The first kappa shape index (κ1) is 21.5. The number of halogens is 3. The zero-order valence-electron chi connectivity index (χ0n) is 15.2. The van der Waals surface area contributed by atoms with Crippen molar-refractivity contribution < 1.29 is 9.53 Å². The zero-order valence-corrected chi connectivity index (χ0v) is 19.1. The molecule has 0 radical (unpaired) electrons. The van der Waals surface area contributed by atoms with E-state index in [0.717, 1.165) is 4.47 Å². The van der Waals surface area contributed by atoms with Gasteiger partial charge in [-0.1, -0.05) is 34.5 Å². The minimum Gasteiger partial charge on any atom is -0.481 e. The number of primary amides is 1. The van der Waals surface area contributed by atoms with Crippen LogP contribution in [0.4, 0.5) is 0 Å². The molecule has 0 atom stereocenters. The average molecular weight is 543 g/mol. The lowest BCUT2D eigenvalue weighted by Gasteiger charge is -2.10. The maximum atomic E-state index is 12.9. The van der Waals surface area contributed by atoms with Crippen LogP contribution in [0.1, 0.15) is 18.3 Å². The lowest BCUT2D eigenvalue weighted by molar-refractivity contribution is -0.119.